The largest absolute Gasteiger partial charge is 0.385 e. The molecule has 1 heterocycles. The first kappa shape index (κ1) is 8.80. The van der Waals surface area contributed by atoms with E-state index in [1.807, 2.05) is 0 Å². The second-order valence-corrected chi connectivity index (χ2v) is 2.92. The summed E-state index contributed by atoms with van der Waals surface area (Å²) < 4.78 is 30.5. The number of carbonyl (C=O) groups excluding carboxylic acids is 2. The van der Waals surface area contributed by atoms with Crippen LogP contribution >= 0.6 is 0 Å². The number of carbonyl (C=O) groups is 2. The molecule has 14 heavy (non-hydrogen) atoms. The Balaban J connectivity index is 2.86. The van der Waals surface area contributed by atoms with E-state index in [1.165, 1.54) is 6.92 Å². The van der Waals surface area contributed by atoms with E-state index >= 15 is 0 Å². The molecule has 72 valence electrons. The predicted molar refractivity (Wildman–Crippen MR) is 40.8 cm³/mol. The van der Waals surface area contributed by atoms with Crippen LogP contribution in [0.3, 0.4) is 0 Å². The summed E-state index contributed by atoms with van der Waals surface area (Å²) in [6.07, 6.45) is 0. The van der Waals surface area contributed by atoms with Crippen LogP contribution in [0.25, 0.3) is 0 Å². The molecular weight excluding hydrogens is 194 g/mol. The van der Waals surface area contributed by atoms with Crippen LogP contribution in [0.4, 0.5) is 8.78 Å². The van der Waals surface area contributed by atoms with Crippen LogP contribution in [0.15, 0.2) is 6.07 Å². The van der Waals surface area contributed by atoms with Crippen LogP contribution in [0.1, 0.15) is 26.3 Å². The van der Waals surface area contributed by atoms with Gasteiger partial charge in [0.15, 0.2) is 0 Å². The summed E-state index contributed by atoms with van der Waals surface area (Å²) in [6.45, 7) is 1.30. The standard InChI is InChI=1S/C9H4F2O3/c1-3-2-4(10)5-6(7(3)11)9(13)14-8(5)12/h2H,1H3. The molecule has 0 N–H and O–H groups in total. The Morgan fingerprint density at radius 1 is 1.14 bits per heavy atom. The van der Waals surface area contributed by atoms with Crippen molar-refractivity contribution in [1.82, 2.24) is 0 Å². The zero-order chi connectivity index (χ0) is 10.5. The van der Waals surface area contributed by atoms with Gasteiger partial charge in [-0.3, -0.25) is 0 Å². The van der Waals surface area contributed by atoms with Crippen LogP contribution in [-0.4, -0.2) is 11.9 Å². The Morgan fingerprint density at radius 3 is 2.36 bits per heavy atom. The van der Waals surface area contributed by atoms with Crippen molar-refractivity contribution in [3.63, 3.8) is 0 Å². The van der Waals surface area contributed by atoms with E-state index in [-0.39, 0.29) is 5.56 Å². The highest BCUT2D eigenvalue weighted by atomic mass is 19.1. The van der Waals surface area contributed by atoms with Crippen LogP contribution in [-0.2, 0) is 4.74 Å². The molecule has 0 spiro atoms. The molecule has 0 aliphatic carbocycles. The maximum Gasteiger partial charge on any atom is 0.350 e. The van der Waals surface area contributed by atoms with Crippen LogP contribution in [0.5, 0.6) is 0 Å². The normalized spacial score (nSPS) is 14.2. The van der Waals surface area contributed by atoms with E-state index in [4.69, 9.17) is 0 Å². The van der Waals surface area contributed by atoms with E-state index in [0.717, 1.165) is 6.07 Å². The smallest absolute Gasteiger partial charge is 0.350 e. The Bertz CT molecular complexity index is 466. The Morgan fingerprint density at radius 2 is 1.71 bits per heavy atom. The van der Waals surface area contributed by atoms with Gasteiger partial charge in [0.25, 0.3) is 0 Å². The minimum Gasteiger partial charge on any atom is -0.385 e. The molecule has 0 radical (unpaired) electrons. The highest BCUT2D eigenvalue weighted by Crippen LogP contribution is 2.27. The van der Waals surface area contributed by atoms with Gasteiger partial charge < -0.3 is 4.74 Å². The average Bonchev–Trinajstić information content (AvgIpc) is 2.38. The van der Waals surface area contributed by atoms with Crippen molar-refractivity contribution in [3.8, 4) is 0 Å². The van der Waals surface area contributed by atoms with E-state index < -0.39 is 34.7 Å². The summed E-state index contributed by atoms with van der Waals surface area (Å²) in [6, 6.07) is 0.855. The predicted octanol–water partition coefficient (Wildman–Crippen LogP) is 1.58. The zero-order valence-corrected chi connectivity index (χ0v) is 7.06. The van der Waals surface area contributed by atoms with E-state index in [1.54, 1.807) is 0 Å². The summed E-state index contributed by atoms with van der Waals surface area (Å²) in [5, 5.41) is 0. The van der Waals surface area contributed by atoms with Gasteiger partial charge in [-0.05, 0) is 18.6 Å². The molecule has 0 saturated carbocycles. The Hall–Kier alpha value is -1.78. The van der Waals surface area contributed by atoms with Crippen LogP contribution in [0, 0.1) is 18.6 Å². The molecule has 1 aromatic rings. The average molecular weight is 198 g/mol. The summed E-state index contributed by atoms with van der Waals surface area (Å²) in [4.78, 5) is 21.9. The second-order valence-electron chi connectivity index (χ2n) is 2.92. The molecule has 0 atom stereocenters. The topological polar surface area (TPSA) is 43.4 Å². The van der Waals surface area contributed by atoms with Gasteiger partial charge in [0.1, 0.15) is 22.8 Å². The lowest BCUT2D eigenvalue weighted by atomic mass is 10.0. The van der Waals surface area contributed by atoms with Crippen molar-refractivity contribution < 1.29 is 23.1 Å². The number of benzene rings is 1. The van der Waals surface area contributed by atoms with Crippen molar-refractivity contribution in [3.05, 3.63) is 34.4 Å². The third-order valence-corrected chi connectivity index (χ3v) is 1.99. The quantitative estimate of drug-likeness (QED) is 0.469. The number of halogens is 2. The van der Waals surface area contributed by atoms with Gasteiger partial charge in [-0.1, -0.05) is 0 Å². The fraction of sp³-hybridized carbons (Fsp3) is 0.111. The lowest BCUT2D eigenvalue weighted by Gasteiger charge is -2.00. The van der Waals surface area contributed by atoms with Gasteiger partial charge in [-0.15, -0.1) is 0 Å². The first-order chi connectivity index (χ1) is 6.52. The van der Waals surface area contributed by atoms with Crippen LogP contribution < -0.4 is 0 Å². The SMILES string of the molecule is Cc1cc(F)c2c(c1F)C(=O)OC2=O. The minimum atomic E-state index is -1.14. The number of ether oxygens (including phenoxy) is 1. The van der Waals surface area contributed by atoms with Crippen LogP contribution in [0.2, 0.25) is 0 Å². The van der Waals surface area contributed by atoms with E-state index in [0.29, 0.717) is 0 Å². The maximum atomic E-state index is 13.3. The summed E-state index contributed by atoms with van der Waals surface area (Å²) >= 11 is 0. The third kappa shape index (κ3) is 0.951. The number of hydrogen-bond acceptors (Lipinski definition) is 3. The molecule has 0 bridgehead atoms. The molecule has 0 unspecified atom stereocenters. The molecule has 0 saturated heterocycles. The van der Waals surface area contributed by atoms with E-state index in [9.17, 15) is 18.4 Å². The van der Waals surface area contributed by atoms with Crippen molar-refractivity contribution >= 4 is 11.9 Å². The summed E-state index contributed by atoms with van der Waals surface area (Å²) in [7, 11) is 0. The molecule has 3 nitrogen and oxygen atoms in total. The van der Waals surface area contributed by atoms with Gasteiger partial charge in [0.2, 0.25) is 0 Å². The molecule has 0 fully saturated rings. The molecule has 0 amide bonds. The van der Waals surface area contributed by atoms with Gasteiger partial charge in [-0.25, -0.2) is 18.4 Å². The molecule has 1 aliphatic heterocycles. The van der Waals surface area contributed by atoms with Gasteiger partial charge in [0.05, 0.1) is 0 Å². The molecule has 1 aliphatic rings. The highest BCUT2D eigenvalue weighted by molar-refractivity contribution is 6.15. The first-order valence-corrected chi connectivity index (χ1v) is 3.77. The van der Waals surface area contributed by atoms with Gasteiger partial charge >= 0.3 is 11.9 Å². The lowest BCUT2D eigenvalue weighted by Crippen LogP contribution is -2.02. The molecular formula is C9H4F2O3. The highest BCUT2D eigenvalue weighted by Gasteiger charge is 2.36. The fourth-order valence-corrected chi connectivity index (χ4v) is 1.33. The molecule has 0 aromatic heterocycles. The molecule has 1 aromatic carbocycles. The first-order valence-electron chi connectivity index (χ1n) is 3.77. The summed E-state index contributed by atoms with van der Waals surface area (Å²) in [5.74, 6) is -4.11. The number of esters is 2. The van der Waals surface area contributed by atoms with E-state index in [2.05, 4.69) is 4.74 Å². The molecule has 5 heteroatoms. The Kier molecular flexibility index (Phi) is 1.64. The number of rotatable bonds is 0. The number of fused-ring (bicyclic) bond motifs is 1. The molecule has 2 rings (SSSR count). The fourth-order valence-electron chi connectivity index (χ4n) is 1.33. The monoisotopic (exact) mass is 198 g/mol. The third-order valence-electron chi connectivity index (χ3n) is 1.99. The van der Waals surface area contributed by atoms with Crippen molar-refractivity contribution in [2.24, 2.45) is 0 Å². The second kappa shape index (κ2) is 2.60. The maximum absolute atomic E-state index is 13.3. The van der Waals surface area contributed by atoms with Gasteiger partial charge in [-0.2, -0.15) is 0 Å². The summed E-state index contributed by atoms with van der Waals surface area (Å²) in [5.41, 5.74) is -1.25. The Labute approximate surface area is 77.3 Å². The lowest BCUT2D eigenvalue weighted by molar-refractivity contribution is 0.0441. The van der Waals surface area contributed by atoms with Gasteiger partial charge in [0, 0.05) is 0 Å². The van der Waals surface area contributed by atoms with Crippen molar-refractivity contribution in [1.29, 1.82) is 0 Å². The number of cyclic esters (lactones) is 2. The number of aryl methyl sites for hydroxylation is 1. The zero-order valence-electron chi connectivity index (χ0n) is 7.06. The number of hydrogen-bond donors (Lipinski definition) is 0. The minimum absolute atomic E-state index is 0.0344. The van der Waals surface area contributed by atoms with Crippen molar-refractivity contribution in [2.45, 2.75) is 6.92 Å². The van der Waals surface area contributed by atoms with Crippen molar-refractivity contribution in [2.75, 3.05) is 0 Å².